The number of aromatic amines is 1. The lowest BCUT2D eigenvalue weighted by Gasteiger charge is -2.15. The number of ether oxygens (including phenoxy) is 1. The first-order valence-electron chi connectivity index (χ1n) is 9.19. The topological polar surface area (TPSA) is 104 Å². The molecule has 2 atom stereocenters. The molecule has 1 aliphatic heterocycles. The molecule has 9 heteroatoms. The number of carbonyl (C=O) groups is 1. The number of anilines is 2. The molecule has 1 aliphatic carbocycles. The minimum atomic E-state index is -0.209. The van der Waals surface area contributed by atoms with E-state index in [1.807, 2.05) is 12.1 Å². The summed E-state index contributed by atoms with van der Waals surface area (Å²) in [6.07, 6.45) is 3.77. The summed E-state index contributed by atoms with van der Waals surface area (Å²) in [5.41, 5.74) is 1.43. The van der Waals surface area contributed by atoms with Crippen LogP contribution in [-0.4, -0.2) is 45.5 Å². The number of H-pyrrole nitrogens is 1. The van der Waals surface area contributed by atoms with E-state index < -0.39 is 0 Å². The van der Waals surface area contributed by atoms with E-state index in [2.05, 4.69) is 31.1 Å². The highest BCUT2D eigenvalue weighted by Gasteiger charge is 2.29. The molecule has 0 spiro atoms. The number of nitrogens with zero attached hydrogens (tertiary/aromatic N) is 2. The van der Waals surface area contributed by atoms with Crippen molar-refractivity contribution in [3.63, 3.8) is 0 Å². The summed E-state index contributed by atoms with van der Waals surface area (Å²) in [6.45, 7) is 1.18. The molecule has 2 aromatic rings. The van der Waals surface area contributed by atoms with E-state index in [0.29, 0.717) is 41.5 Å². The van der Waals surface area contributed by atoms with Gasteiger partial charge in [0.15, 0.2) is 5.82 Å². The van der Waals surface area contributed by atoms with Gasteiger partial charge < -0.3 is 20.7 Å². The number of aromatic nitrogens is 3. The predicted octanol–water partition coefficient (Wildman–Crippen LogP) is 2.21. The molecular weight excluding hydrogens is 364 g/mol. The number of hydrogen-bond donors (Lipinski definition) is 4. The molecule has 0 saturated heterocycles. The number of pyridine rings is 1. The van der Waals surface area contributed by atoms with Gasteiger partial charge in [0, 0.05) is 30.8 Å². The van der Waals surface area contributed by atoms with Crippen molar-refractivity contribution in [2.45, 2.75) is 37.7 Å². The molecule has 142 valence electrons. The number of carbonyl (C=O) groups excluding carboxylic acids is 1. The number of hydrogen-bond acceptors (Lipinski definition) is 6. The number of nitrogens with one attached hydrogen (secondary N) is 4. The quantitative estimate of drug-likeness (QED) is 0.515. The minimum absolute atomic E-state index is 0.117. The minimum Gasteiger partial charge on any atom is -0.468 e. The third-order valence-electron chi connectivity index (χ3n) is 4.84. The van der Waals surface area contributed by atoms with E-state index in [1.54, 1.807) is 12.1 Å². The van der Waals surface area contributed by atoms with E-state index in [4.69, 9.17) is 17.0 Å². The van der Waals surface area contributed by atoms with Crippen LogP contribution in [0, 0.1) is 0 Å². The fourth-order valence-electron chi connectivity index (χ4n) is 3.47. The summed E-state index contributed by atoms with van der Waals surface area (Å²) in [6, 6.07) is 7.29. The van der Waals surface area contributed by atoms with Crippen LogP contribution in [-0.2, 0) is 4.74 Å². The Hall–Kier alpha value is -2.68. The second kappa shape index (κ2) is 7.91. The van der Waals surface area contributed by atoms with Crippen LogP contribution in [0.5, 0.6) is 0 Å². The number of rotatable bonds is 0. The maximum absolute atomic E-state index is 12.3. The summed E-state index contributed by atoms with van der Waals surface area (Å²) in [5, 5.41) is 17.0. The van der Waals surface area contributed by atoms with Crippen LogP contribution in [0.1, 0.15) is 47.8 Å². The van der Waals surface area contributed by atoms with Gasteiger partial charge in [0.25, 0.3) is 11.1 Å². The van der Waals surface area contributed by atoms with Gasteiger partial charge in [-0.25, -0.2) is 4.98 Å². The predicted molar refractivity (Wildman–Crippen MR) is 105 cm³/mol. The fourth-order valence-corrected chi connectivity index (χ4v) is 3.70. The van der Waals surface area contributed by atoms with Crippen LogP contribution in [0.3, 0.4) is 0 Å². The first-order chi connectivity index (χ1) is 13.2. The van der Waals surface area contributed by atoms with Gasteiger partial charge in [0.2, 0.25) is 0 Å². The zero-order valence-electron chi connectivity index (χ0n) is 14.8. The summed E-state index contributed by atoms with van der Waals surface area (Å²) < 4.78 is 5.86. The van der Waals surface area contributed by atoms with Crippen molar-refractivity contribution in [1.82, 2.24) is 25.8 Å². The van der Waals surface area contributed by atoms with Crippen molar-refractivity contribution in [2.24, 2.45) is 0 Å². The maximum Gasteiger partial charge on any atom is 0.269 e. The van der Waals surface area contributed by atoms with Gasteiger partial charge in [-0.2, -0.15) is 5.10 Å². The van der Waals surface area contributed by atoms with Gasteiger partial charge in [0.05, 0.1) is 0 Å². The molecule has 27 heavy (non-hydrogen) atoms. The normalized spacial score (nSPS) is 23.3. The first kappa shape index (κ1) is 17.7. The molecule has 8 nitrogen and oxygen atoms in total. The Morgan fingerprint density at radius 3 is 2.96 bits per heavy atom. The molecule has 0 aromatic carbocycles. The molecule has 1 saturated carbocycles. The second-order valence-electron chi connectivity index (χ2n) is 6.82. The van der Waals surface area contributed by atoms with Crippen molar-refractivity contribution in [3.8, 4) is 0 Å². The lowest BCUT2D eigenvalue weighted by Crippen LogP contribution is -2.32. The van der Waals surface area contributed by atoms with Crippen molar-refractivity contribution >= 4 is 34.9 Å². The van der Waals surface area contributed by atoms with Crippen LogP contribution in [0.4, 0.5) is 11.6 Å². The van der Waals surface area contributed by atoms with Crippen molar-refractivity contribution < 1.29 is 9.53 Å². The Morgan fingerprint density at radius 2 is 2.04 bits per heavy atom. The lowest BCUT2D eigenvalue weighted by atomic mass is 10.0. The van der Waals surface area contributed by atoms with E-state index in [1.165, 1.54) is 0 Å². The van der Waals surface area contributed by atoms with Gasteiger partial charge in [-0.1, -0.05) is 6.07 Å². The Morgan fingerprint density at radius 1 is 1.15 bits per heavy atom. The third kappa shape index (κ3) is 4.36. The average molecular weight is 386 g/mol. The number of amides is 1. The SMILES string of the molecule is O=C1NCCCNC(=S)O[C@@H]2CC[C@@H](C2)c2cc(n[nH]2)Nc2cccc1n2. The van der Waals surface area contributed by atoms with Gasteiger partial charge >= 0.3 is 0 Å². The zero-order chi connectivity index (χ0) is 18.6. The van der Waals surface area contributed by atoms with Crippen LogP contribution < -0.4 is 16.0 Å². The van der Waals surface area contributed by atoms with Gasteiger partial charge in [0.1, 0.15) is 17.6 Å². The summed E-state index contributed by atoms with van der Waals surface area (Å²) in [7, 11) is 0. The smallest absolute Gasteiger partial charge is 0.269 e. The molecule has 4 rings (SSSR count). The third-order valence-corrected chi connectivity index (χ3v) is 5.08. The highest BCUT2D eigenvalue weighted by atomic mass is 32.1. The molecule has 6 bridgehead atoms. The van der Waals surface area contributed by atoms with E-state index in [0.717, 1.165) is 31.4 Å². The van der Waals surface area contributed by atoms with Gasteiger partial charge in [-0.15, -0.1) is 0 Å². The molecule has 2 aliphatic rings. The molecule has 4 N–H and O–H groups in total. The highest BCUT2D eigenvalue weighted by Crippen LogP contribution is 2.36. The summed E-state index contributed by atoms with van der Waals surface area (Å²) in [5.74, 6) is 1.42. The van der Waals surface area contributed by atoms with E-state index in [-0.39, 0.29) is 12.0 Å². The summed E-state index contributed by atoms with van der Waals surface area (Å²) in [4.78, 5) is 16.6. The molecule has 1 fully saturated rings. The van der Waals surface area contributed by atoms with E-state index in [9.17, 15) is 4.79 Å². The van der Waals surface area contributed by atoms with Crippen LogP contribution >= 0.6 is 12.2 Å². The Kier molecular flexibility index (Phi) is 5.19. The number of fused-ring (bicyclic) bond motifs is 7. The zero-order valence-corrected chi connectivity index (χ0v) is 15.6. The Labute approximate surface area is 162 Å². The fraction of sp³-hybridized carbons (Fsp3) is 0.444. The Balaban J connectivity index is 1.55. The highest BCUT2D eigenvalue weighted by molar-refractivity contribution is 7.80. The largest absolute Gasteiger partial charge is 0.468 e. The lowest BCUT2D eigenvalue weighted by molar-refractivity contribution is 0.0948. The Bertz CT molecular complexity index is 839. The molecule has 0 unspecified atom stereocenters. The van der Waals surface area contributed by atoms with Crippen molar-refractivity contribution in [3.05, 3.63) is 35.7 Å². The maximum atomic E-state index is 12.3. The van der Waals surface area contributed by atoms with Crippen LogP contribution in [0.15, 0.2) is 24.3 Å². The average Bonchev–Trinajstić information content (AvgIpc) is 3.30. The number of thiocarbonyl (C=S) groups is 1. The standard InChI is InChI=1S/C18H22N6O2S/c25-17-13-3-1-4-15(21-13)22-16-10-14(23-24-16)11-5-6-12(9-11)26-18(27)20-8-2-7-19-17/h1,3-4,10-12H,2,5-9H2,(H,19,25)(H,20,27)(H2,21,22,23,24)/t11-,12+/m0/s1. The molecule has 3 heterocycles. The molecule has 1 amide bonds. The molecule has 2 aromatic heterocycles. The van der Waals surface area contributed by atoms with Gasteiger partial charge in [-0.3, -0.25) is 9.89 Å². The molecular formula is C18H22N6O2S. The van der Waals surface area contributed by atoms with Crippen molar-refractivity contribution in [1.29, 1.82) is 0 Å². The first-order valence-corrected chi connectivity index (χ1v) is 9.60. The van der Waals surface area contributed by atoms with Crippen LogP contribution in [0.2, 0.25) is 0 Å². The monoisotopic (exact) mass is 386 g/mol. The summed E-state index contributed by atoms with van der Waals surface area (Å²) >= 11 is 5.27. The van der Waals surface area contributed by atoms with Gasteiger partial charge in [-0.05, 0) is 50.0 Å². The van der Waals surface area contributed by atoms with Crippen molar-refractivity contribution in [2.75, 3.05) is 18.4 Å². The van der Waals surface area contributed by atoms with Crippen LogP contribution in [0.25, 0.3) is 0 Å². The second-order valence-corrected chi connectivity index (χ2v) is 7.19. The van der Waals surface area contributed by atoms with E-state index >= 15 is 0 Å². The molecule has 0 radical (unpaired) electrons.